The molecule has 3 aromatic carbocycles. The van der Waals surface area contributed by atoms with E-state index in [4.69, 9.17) is 18.6 Å². The Kier molecular flexibility index (Phi) is 9.01. The van der Waals surface area contributed by atoms with Crippen LogP contribution in [0.3, 0.4) is 0 Å². The van der Waals surface area contributed by atoms with Gasteiger partial charge in [-0.15, -0.1) is 0 Å². The Balaban J connectivity index is 1.53. The Morgan fingerprint density at radius 1 is 0.930 bits per heavy atom. The number of Topliss-reactive ketones (excluding diaryl/α,β-unsaturated/α-hetero) is 1. The number of fused-ring (bicyclic) bond motifs is 1. The molecule has 9 heteroatoms. The van der Waals surface area contributed by atoms with Crippen LogP contribution in [0.15, 0.2) is 88.5 Å². The van der Waals surface area contributed by atoms with Crippen molar-refractivity contribution in [1.82, 2.24) is 9.80 Å². The van der Waals surface area contributed by atoms with Gasteiger partial charge in [0.25, 0.3) is 5.91 Å². The Morgan fingerprint density at radius 3 is 2.37 bits per heavy atom. The third kappa shape index (κ3) is 5.94. The number of amides is 1. The number of rotatable bonds is 13. The van der Waals surface area contributed by atoms with Crippen molar-refractivity contribution >= 4 is 22.7 Å². The lowest BCUT2D eigenvalue weighted by Crippen LogP contribution is -2.38. The molecule has 2 heterocycles. The molecular weight excluding hydrogens is 548 g/mol. The summed E-state index contributed by atoms with van der Waals surface area (Å²) >= 11 is 0. The molecule has 1 amide bonds. The van der Waals surface area contributed by atoms with Gasteiger partial charge in [0.1, 0.15) is 6.61 Å². The second-order valence-electron chi connectivity index (χ2n) is 10.2. The number of likely N-dealkylation sites (N-methyl/N-ethyl adjacent to an activating group) is 1. The Morgan fingerprint density at radius 2 is 1.67 bits per heavy atom. The van der Waals surface area contributed by atoms with Gasteiger partial charge in [-0.05, 0) is 48.5 Å². The number of carbonyl (C=O) groups excluding carboxylic acids is 2. The summed E-state index contributed by atoms with van der Waals surface area (Å²) < 4.78 is 23.0. The van der Waals surface area contributed by atoms with E-state index in [1.165, 1.54) is 19.1 Å². The maximum absolute atomic E-state index is 14.0. The molecule has 1 aromatic heterocycles. The van der Waals surface area contributed by atoms with Crippen LogP contribution in [0.2, 0.25) is 0 Å². The molecule has 1 N–H and O–H groups in total. The topological polar surface area (TPSA) is 102 Å². The molecule has 0 fully saturated rings. The van der Waals surface area contributed by atoms with Crippen LogP contribution in [-0.2, 0) is 11.4 Å². The summed E-state index contributed by atoms with van der Waals surface area (Å²) in [5.41, 5.74) is 1.95. The fourth-order valence-electron chi connectivity index (χ4n) is 5.40. The summed E-state index contributed by atoms with van der Waals surface area (Å²) in [7, 11) is 3.06. The number of ether oxygens (including phenoxy) is 3. The van der Waals surface area contributed by atoms with E-state index in [1.54, 1.807) is 42.5 Å². The molecule has 0 radical (unpaired) electrons. The fraction of sp³-hybridized carbons (Fsp3) is 0.294. The highest BCUT2D eigenvalue weighted by Gasteiger charge is 2.44. The number of para-hydroxylation sites is 1. The number of hydrogen-bond acceptors (Lipinski definition) is 8. The van der Waals surface area contributed by atoms with Crippen LogP contribution in [-0.4, -0.2) is 67.0 Å². The van der Waals surface area contributed by atoms with Crippen molar-refractivity contribution in [3.63, 3.8) is 0 Å². The maximum Gasteiger partial charge on any atom is 0.290 e. The van der Waals surface area contributed by atoms with Gasteiger partial charge < -0.3 is 33.5 Å². The summed E-state index contributed by atoms with van der Waals surface area (Å²) in [6.07, 6.45) is 0. The standard InChI is InChI=1S/C34H36N2O7/c1-5-35(6-2)17-18-36-30(23-15-16-25(27(19-23)41-4)42-21-22-11-8-7-9-12-22)29(32(38)34(36)39)31(37)28-20-24-13-10-14-26(40-3)33(24)43-28/h7-16,19-20,30,38H,5-6,17-18,21H2,1-4H3. The second kappa shape index (κ2) is 13.0. The van der Waals surface area contributed by atoms with E-state index < -0.39 is 23.5 Å². The molecule has 0 bridgehead atoms. The first kappa shape index (κ1) is 29.7. The van der Waals surface area contributed by atoms with Crippen molar-refractivity contribution < 1.29 is 33.3 Å². The van der Waals surface area contributed by atoms with E-state index >= 15 is 0 Å². The highest BCUT2D eigenvalue weighted by atomic mass is 16.5. The number of aliphatic hydroxyl groups excluding tert-OH is 1. The monoisotopic (exact) mass is 584 g/mol. The number of carbonyl (C=O) groups is 2. The molecule has 1 unspecified atom stereocenters. The van der Waals surface area contributed by atoms with Crippen molar-refractivity contribution in [2.75, 3.05) is 40.4 Å². The third-order valence-electron chi connectivity index (χ3n) is 7.79. The predicted molar refractivity (Wildman–Crippen MR) is 163 cm³/mol. The number of methoxy groups -OCH3 is 2. The number of hydrogen-bond donors (Lipinski definition) is 1. The van der Waals surface area contributed by atoms with Gasteiger partial charge in [-0.2, -0.15) is 0 Å². The van der Waals surface area contributed by atoms with Gasteiger partial charge in [0.2, 0.25) is 5.78 Å². The minimum Gasteiger partial charge on any atom is -0.503 e. The predicted octanol–water partition coefficient (Wildman–Crippen LogP) is 5.95. The first-order chi connectivity index (χ1) is 20.9. The average molecular weight is 585 g/mol. The van der Waals surface area contributed by atoms with E-state index in [1.807, 2.05) is 44.2 Å². The molecule has 1 aliphatic rings. The largest absolute Gasteiger partial charge is 0.503 e. The summed E-state index contributed by atoms with van der Waals surface area (Å²) in [5.74, 6) is -0.355. The minimum atomic E-state index is -0.872. The van der Waals surface area contributed by atoms with Crippen molar-refractivity contribution in [3.05, 3.63) is 101 Å². The zero-order chi connectivity index (χ0) is 30.5. The van der Waals surface area contributed by atoms with Gasteiger partial charge in [0.05, 0.1) is 25.8 Å². The van der Waals surface area contributed by atoms with Crippen molar-refractivity contribution in [3.8, 4) is 17.2 Å². The molecular formula is C34H36N2O7. The highest BCUT2D eigenvalue weighted by Crippen LogP contribution is 2.42. The lowest BCUT2D eigenvalue weighted by atomic mass is 9.94. The van der Waals surface area contributed by atoms with Gasteiger partial charge in [0, 0.05) is 18.5 Å². The van der Waals surface area contributed by atoms with E-state index in [-0.39, 0.29) is 11.3 Å². The molecule has 43 heavy (non-hydrogen) atoms. The van der Waals surface area contributed by atoms with Crippen molar-refractivity contribution in [2.45, 2.75) is 26.5 Å². The van der Waals surface area contributed by atoms with Crippen molar-refractivity contribution in [2.24, 2.45) is 0 Å². The molecule has 5 rings (SSSR count). The van der Waals surface area contributed by atoms with Gasteiger partial charge >= 0.3 is 0 Å². The van der Waals surface area contributed by atoms with Gasteiger partial charge in [-0.1, -0.05) is 62.4 Å². The maximum atomic E-state index is 14.0. The van der Waals surface area contributed by atoms with Gasteiger partial charge in [-0.3, -0.25) is 9.59 Å². The van der Waals surface area contributed by atoms with Gasteiger partial charge in [0.15, 0.2) is 34.4 Å². The van der Waals surface area contributed by atoms with Crippen LogP contribution in [0, 0.1) is 0 Å². The quantitative estimate of drug-likeness (QED) is 0.193. The first-order valence-electron chi connectivity index (χ1n) is 14.3. The van der Waals surface area contributed by atoms with Gasteiger partial charge in [-0.25, -0.2) is 0 Å². The van der Waals surface area contributed by atoms with Crippen LogP contribution in [0.1, 0.15) is 41.6 Å². The first-order valence-corrected chi connectivity index (χ1v) is 14.3. The second-order valence-corrected chi connectivity index (χ2v) is 10.2. The third-order valence-corrected chi connectivity index (χ3v) is 7.79. The molecule has 0 saturated carbocycles. The lowest BCUT2D eigenvalue weighted by molar-refractivity contribution is -0.129. The number of furan rings is 1. The molecule has 9 nitrogen and oxygen atoms in total. The number of ketones is 1. The molecule has 1 aliphatic heterocycles. The fourth-order valence-corrected chi connectivity index (χ4v) is 5.40. The molecule has 1 atom stereocenters. The van der Waals surface area contributed by atoms with E-state index in [9.17, 15) is 14.7 Å². The molecule has 4 aromatic rings. The highest BCUT2D eigenvalue weighted by molar-refractivity contribution is 6.16. The summed E-state index contributed by atoms with van der Waals surface area (Å²) in [4.78, 5) is 31.3. The zero-order valence-electron chi connectivity index (χ0n) is 24.8. The SMILES string of the molecule is CCN(CC)CCN1C(=O)C(O)=C(C(=O)c2cc3cccc(OC)c3o2)C1c1ccc(OCc2ccccc2)c(OC)c1. The Bertz CT molecular complexity index is 1640. The van der Waals surface area contributed by atoms with E-state index in [0.717, 1.165) is 18.7 Å². The zero-order valence-corrected chi connectivity index (χ0v) is 24.8. The summed E-state index contributed by atoms with van der Waals surface area (Å²) in [6.45, 7) is 6.91. The smallest absolute Gasteiger partial charge is 0.290 e. The van der Waals surface area contributed by atoms with Crippen LogP contribution < -0.4 is 14.2 Å². The molecule has 224 valence electrons. The number of nitrogens with zero attached hydrogens (tertiary/aromatic N) is 2. The number of aliphatic hydroxyl groups is 1. The van der Waals surface area contributed by atoms with Crippen LogP contribution in [0.5, 0.6) is 17.2 Å². The van der Waals surface area contributed by atoms with Crippen LogP contribution >= 0.6 is 0 Å². The Hall–Kier alpha value is -4.76. The number of benzene rings is 3. The average Bonchev–Trinajstić information content (AvgIpc) is 3.59. The molecule has 0 spiro atoms. The van der Waals surface area contributed by atoms with E-state index in [2.05, 4.69) is 4.90 Å². The van der Waals surface area contributed by atoms with Crippen molar-refractivity contribution in [1.29, 1.82) is 0 Å². The minimum absolute atomic E-state index is 0.000720. The Labute approximate surface area is 250 Å². The van der Waals surface area contributed by atoms with Crippen LogP contribution in [0.4, 0.5) is 0 Å². The normalized spacial score (nSPS) is 15.0. The summed E-state index contributed by atoms with van der Waals surface area (Å²) in [6, 6.07) is 21.1. The molecule has 0 aliphatic carbocycles. The van der Waals surface area contributed by atoms with Crippen LogP contribution in [0.25, 0.3) is 11.0 Å². The summed E-state index contributed by atoms with van der Waals surface area (Å²) in [5, 5.41) is 11.8. The molecule has 0 saturated heterocycles. The van der Waals surface area contributed by atoms with E-state index in [0.29, 0.717) is 53.5 Å². The lowest BCUT2D eigenvalue weighted by Gasteiger charge is -2.29.